The van der Waals surface area contributed by atoms with E-state index in [1.54, 1.807) is 0 Å². The van der Waals surface area contributed by atoms with Gasteiger partial charge < -0.3 is 0 Å². The van der Waals surface area contributed by atoms with Gasteiger partial charge in [-0.3, -0.25) is 0 Å². The molecule has 0 heterocycles. The number of aryl methyl sites for hydroxylation is 2. The molecule has 98 valence electrons. The lowest BCUT2D eigenvalue weighted by Crippen LogP contribution is -1.84. The van der Waals surface area contributed by atoms with E-state index < -0.39 is 0 Å². The highest BCUT2D eigenvalue weighted by atomic mass is 79.9. The molecular formula is C18H13BrS. The summed E-state index contributed by atoms with van der Waals surface area (Å²) in [5.41, 5.74) is 2.99. The predicted molar refractivity (Wildman–Crippen MR) is 89.6 cm³/mol. The molecule has 0 saturated carbocycles. The summed E-state index contributed by atoms with van der Waals surface area (Å²) >= 11 is 5.59. The maximum absolute atomic E-state index is 3.74. The van der Waals surface area contributed by atoms with Gasteiger partial charge >= 0.3 is 0 Å². The second-order valence-electron chi connectivity index (χ2n) is 5.09. The molecule has 20 heavy (non-hydrogen) atoms. The minimum Gasteiger partial charge on any atom is -0.0894 e. The van der Waals surface area contributed by atoms with Gasteiger partial charge in [-0.2, -0.15) is 0 Å². The number of rotatable bonds is 2. The van der Waals surface area contributed by atoms with Crippen LogP contribution in [0.5, 0.6) is 0 Å². The fourth-order valence-electron chi connectivity index (χ4n) is 2.96. The van der Waals surface area contributed by atoms with Crippen molar-refractivity contribution in [1.29, 1.82) is 0 Å². The summed E-state index contributed by atoms with van der Waals surface area (Å²) in [6.07, 6.45) is 2.36. The maximum Gasteiger partial charge on any atom is 0.0265 e. The van der Waals surface area contributed by atoms with Crippen LogP contribution in [0.3, 0.4) is 0 Å². The standard InChI is InChI=1S/C18H13BrS/c19-15-10-8-12-6-7-13-9-11-16(18(15)17(12)13)20-14-4-2-1-3-5-14/h1-5,8-11H,6-7H2. The number of halogens is 1. The van der Waals surface area contributed by atoms with Gasteiger partial charge in [-0.1, -0.05) is 58.0 Å². The fraction of sp³-hybridized carbons (Fsp3) is 0.111. The molecule has 0 fully saturated rings. The molecule has 0 bridgehead atoms. The Bertz CT molecular complexity index is 783. The molecule has 0 aliphatic heterocycles. The molecule has 2 heteroatoms. The van der Waals surface area contributed by atoms with Gasteiger partial charge in [0.25, 0.3) is 0 Å². The van der Waals surface area contributed by atoms with Crippen LogP contribution in [0.15, 0.2) is 68.9 Å². The van der Waals surface area contributed by atoms with E-state index in [0.717, 1.165) is 0 Å². The van der Waals surface area contributed by atoms with Crippen molar-refractivity contribution < 1.29 is 0 Å². The van der Waals surface area contributed by atoms with Crippen LogP contribution in [-0.2, 0) is 12.8 Å². The minimum atomic E-state index is 1.18. The molecule has 0 radical (unpaired) electrons. The average Bonchev–Trinajstić information content (AvgIpc) is 2.89. The van der Waals surface area contributed by atoms with E-state index in [2.05, 4.69) is 70.5 Å². The highest BCUT2D eigenvalue weighted by Crippen LogP contribution is 2.42. The van der Waals surface area contributed by atoms with Crippen molar-refractivity contribution in [2.24, 2.45) is 0 Å². The van der Waals surface area contributed by atoms with Crippen LogP contribution >= 0.6 is 27.7 Å². The van der Waals surface area contributed by atoms with Crippen molar-refractivity contribution in [3.05, 3.63) is 70.2 Å². The van der Waals surface area contributed by atoms with Crippen LogP contribution in [0.4, 0.5) is 0 Å². The smallest absolute Gasteiger partial charge is 0.0265 e. The molecule has 0 saturated heterocycles. The molecule has 4 rings (SSSR count). The molecule has 1 aliphatic carbocycles. The van der Waals surface area contributed by atoms with E-state index in [9.17, 15) is 0 Å². The third kappa shape index (κ3) is 1.99. The molecule has 0 spiro atoms. The van der Waals surface area contributed by atoms with Crippen molar-refractivity contribution in [3.63, 3.8) is 0 Å². The summed E-state index contributed by atoms with van der Waals surface area (Å²) < 4.78 is 1.21. The van der Waals surface area contributed by atoms with Gasteiger partial charge in [0, 0.05) is 19.6 Å². The van der Waals surface area contributed by atoms with Crippen molar-refractivity contribution >= 4 is 38.5 Å². The van der Waals surface area contributed by atoms with Crippen molar-refractivity contribution in [1.82, 2.24) is 0 Å². The zero-order valence-corrected chi connectivity index (χ0v) is 13.3. The molecular weight excluding hydrogens is 328 g/mol. The topological polar surface area (TPSA) is 0 Å². The first kappa shape index (κ1) is 12.5. The van der Waals surface area contributed by atoms with Gasteiger partial charge in [0.05, 0.1) is 0 Å². The number of hydrogen-bond donors (Lipinski definition) is 0. The average molecular weight is 341 g/mol. The summed E-state index contributed by atoms with van der Waals surface area (Å²) in [6.45, 7) is 0. The van der Waals surface area contributed by atoms with Crippen LogP contribution in [-0.4, -0.2) is 0 Å². The molecule has 1 aliphatic rings. The number of hydrogen-bond acceptors (Lipinski definition) is 1. The van der Waals surface area contributed by atoms with Gasteiger partial charge in [-0.05, 0) is 53.6 Å². The third-order valence-electron chi connectivity index (χ3n) is 3.88. The highest BCUT2D eigenvalue weighted by Gasteiger charge is 2.18. The Kier molecular flexibility index (Phi) is 3.08. The van der Waals surface area contributed by atoms with Crippen molar-refractivity contribution in [2.75, 3.05) is 0 Å². The monoisotopic (exact) mass is 340 g/mol. The first-order chi connectivity index (χ1) is 9.83. The van der Waals surface area contributed by atoms with Gasteiger partial charge in [0.15, 0.2) is 0 Å². The molecule has 0 amide bonds. The fourth-order valence-corrected chi connectivity index (χ4v) is 4.63. The Morgan fingerprint density at radius 1 is 0.750 bits per heavy atom. The predicted octanol–water partition coefficient (Wildman–Crippen LogP) is 5.85. The summed E-state index contributed by atoms with van der Waals surface area (Å²) in [4.78, 5) is 2.63. The zero-order chi connectivity index (χ0) is 13.5. The SMILES string of the molecule is Brc1ccc2c3c(ccc(Sc4ccccc4)c13)CC2. The maximum atomic E-state index is 3.74. The largest absolute Gasteiger partial charge is 0.0894 e. The molecule has 3 aromatic carbocycles. The van der Waals surface area contributed by atoms with Gasteiger partial charge in [-0.25, -0.2) is 0 Å². The van der Waals surface area contributed by atoms with Crippen molar-refractivity contribution in [3.8, 4) is 0 Å². The zero-order valence-electron chi connectivity index (χ0n) is 10.9. The lowest BCUT2D eigenvalue weighted by Gasteiger charge is -2.10. The quantitative estimate of drug-likeness (QED) is 0.563. The Balaban J connectivity index is 1.93. The summed E-state index contributed by atoms with van der Waals surface area (Å²) in [5.74, 6) is 0. The van der Waals surface area contributed by atoms with E-state index in [0.29, 0.717) is 0 Å². The molecule has 0 aromatic heterocycles. The van der Waals surface area contributed by atoms with E-state index >= 15 is 0 Å². The van der Waals surface area contributed by atoms with E-state index in [4.69, 9.17) is 0 Å². The van der Waals surface area contributed by atoms with Gasteiger partial charge in [0.2, 0.25) is 0 Å². The van der Waals surface area contributed by atoms with Crippen LogP contribution in [0.25, 0.3) is 10.8 Å². The molecule has 0 unspecified atom stereocenters. The van der Waals surface area contributed by atoms with Crippen LogP contribution in [0, 0.1) is 0 Å². The van der Waals surface area contributed by atoms with Crippen molar-refractivity contribution in [2.45, 2.75) is 22.6 Å². The second-order valence-corrected chi connectivity index (χ2v) is 7.06. The lowest BCUT2D eigenvalue weighted by molar-refractivity contribution is 1.02. The van der Waals surface area contributed by atoms with E-state index in [1.165, 1.54) is 49.0 Å². The second kappa shape index (κ2) is 4.94. The summed E-state index contributed by atoms with van der Waals surface area (Å²) in [7, 11) is 0. The molecule has 0 nitrogen and oxygen atoms in total. The first-order valence-corrected chi connectivity index (χ1v) is 8.40. The number of benzene rings is 3. The van der Waals surface area contributed by atoms with Crippen LogP contribution < -0.4 is 0 Å². The van der Waals surface area contributed by atoms with E-state index in [-0.39, 0.29) is 0 Å². The Morgan fingerprint density at radius 3 is 2.20 bits per heavy atom. The van der Waals surface area contributed by atoms with Crippen LogP contribution in [0.2, 0.25) is 0 Å². The first-order valence-electron chi connectivity index (χ1n) is 6.79. The minimum absolute atomic E-state index is 1.18. The van der Waals surface area contributed by atoms with Crippen LogP contribution in [0.1, 0.15) is 11.1 Å². The summed E-state index contributed by atoms with van der Waals surface area (Å²) in [5, 5.41) is 2.85. The molecule has 3 aromatic rings. The van der Waals surface area contributed by atoms with E-state index in [1.807, 2.05) is 11.8 Å². The third-order valence-corrected chi connectivity index (χ3v) is 5.61. The Labute approximate surface area is 131 Å². The highest BCUT2D eigenvalue weighted by molar-refractivity contribution is 9.10. The van der Waals surface area contributed by atoms with Gasteiger partial charge in [0.1, 0.15) is 0 Å². The van der Waals surface area contributed by atoms with Gasteiger partial charge in [-0.15, -0.1) is 0 Å². The summed E-state index contributed by atoms with van der Waals surface area (Å²) in [6, 6.07) is 19.6. The Morgan fingerprint density at radius 2 is 1.45 bits per heavy atom. The molecule has 0 N–H and O–H groups in total. The Hall–Kier alpha value is -1.25. The normalized spacial score (nSPS) is 13.1. The molecule has 0 atom stereocenters. The lowest BCUT2D eigenvalue weighted by atomic mass is 10.1.